The molecule has 0 radical (unpaired) electrons. The molecule has 2 unspecified atom stereocenters. The van der Waals surface area contributed by atoms with Crippen molar-refractivity contribution in [2.24, 2.45) is 5.92 Å². The van der Waals surface area contributed by atoms with E-state index < -0.39 is 0 Å². The van der Waals surface area contributed by atoms with E-state index >= 15 is 0 Å². The standard InChI is InChI=1S/C18H29NOS/c1-4-6-19-18(17-5-7-20-11-17)13-21-12-16-9-14(2)8-15(3)10-16/h8-10,17-19H,4-7,11-13H2,1-3H3. The lowest BCUT2D eigenvalue weighted by atomic mass is 10.0. The lowest BCUT2D eigenvalue weighted by Gasteiger charge is -2.23. The van der Waals surface area contributed by atoms with Crippen LogP contribution >= 0.6 is 11.8 Å². The van der Waals surface area contributed by atoms with E-state index in [2.05, 4.69) is 56.0 Å². The second-order valence-corrected chi connectivity index (χ2v) is 7.23. The molecule has 1 saturated heterocycles. The van der Waals surface area contributed by atoms with E-state index in [1.807, 2.05) is 0 Å². The molecule has 2 atom stereocenters. The predicted octanol–water partition coefficient (Wildman–Crippen LogP) is 3.94. The summed E-state index contributed by atoms with van der Waals surface area (Å²) in [6.07, 6.45) is 2.41. The first-order chi connectivity index (χ1) is 10.2. The van der Waals surface area contributed by atoms with Crippen molar-refractivity contribution < 1.29 is 4.74 Å². The number of rotatable bonds is 8. The maximum atomic E-state index is 5.56. The first-order valence-electron chi connectivity index (χ1n) is 8.15. The summed E-state index contributed by atoms with van der Waals surface area (Å²) in [6, 6.07) is 7.47. The molecule has 1 aliphatic heterocycles. The Bertz CT molecular complexity index is 409. The van der Waals surface area contributed by atoms with Crippen LogP contribution in [-0.4, -0.2) is 31.6 Å². The van der Waals surface area contributed by atoms with Gasteiger partial charge < -0.3 is 10.1 Å². The van der Waals surface area contributed by atoms with E-state index in [0.29, 0.717) is 12.0 Å². The molecule has 1 aromatic carbocycles. The molecule has 0 aliphatic carbocycles. The van der Waals surface area contributed by atoms with E-state index in [0.717, 1.165) is 25.5 Å². The summed E-state index contributed by atoms with van der Waals surface area (Å²) in [5.41, 5.74) is 4.19. The summed E-state index contributed by atoms with van der Waals surface area (Å²) in [7, 11) is 0. The molecule has 2 rings (SSSR count). The Balaban J connectivity index is 1.82. The number of nitrogens with one attached hydrogen (secondary N) is 1. The Kier molecular flexibility index (Phi) is 7.08. The predicted molar refractivity (Wildman–Crippen MR) is 93.1 cm³/mol. The summed E-state index contributed by atoms with van der Waals surface area (Å²) in [6.45, 7) is 9.59. The van der Waals surface area contributed by atoms with Crippen molar-refractivity contribution in [1.82, 2.24) is 5.32 Å². The lowest BCUT2D eigenvalue weighted by Crippen LogP contribution is -2.39. The molecule has 0 aromatic heterocycles. The van der Waals surface area contributed by atoms with Crippen LogP contribution in [0.5, 0.6) is 0 Å². The minimum absolute atomic E-state index is 0.600. The number of ether oxygens (including phenoxy) is 1. The molecular formula is C18H29NOS. The van der Waals surface area contributed by atoms with E-state index in [4.69, 9.17) is 4.74 Å². The summed E-state index contributed by atoms with van der Waals surface area (Å²) in [4.78, 5) is 0. The largest absolute Gasteiger partial charge is 0.381 e. The molecule has 0 amide bonds. The molecule has 0 bridgehead atoms. The Morgan fingerprint density at radius 2 is 2.05 bits per heavy atom. The van der Waals surface area contributed by atoms with Gasteiger partial charge in [0.15, 0.2) is 0 Å². The van der Waals surface area contributed by atoms with Crippen molar-refractivity contribution in [3.05, 3.63) is 34.9 Å². The molecule has 1 N–H and O–H groups in total. The number of hydrogen-bond donors (Lipinski definition) is 1. The summed E-state index contributed by atoms with van der Waals surface area (Å²) < 4.78 is 5.56. The van der Waals surface area contributed by atoms with Crippen molar-refractivity contribution in [2.75, 3.05) is 25.5 Å². The van der Waals surface area contributed by atoms with Crippen LogP contribution in [-0.2, 0) is 10.5 Å². The van der Waals surface area contributed by atoms with Crippen molar-refractivity contribution in [1.29, 1.82) is 0 Å². The highest BCUT2D eigenvalue weighted by atomic mass is 32.2. The summed E-state index contributed by atoms with van der Waals surface area (Å²) in [5.74, 6) is 2.99. The van der Waals surface area contributed by atoms with E-state index in [9.17, 15) is 0 Å². The SMILES string of the molecule is CCCNC(CSCc1cc(C)cc(C)c1)C1CCOC1. The van der Waals surface area contributed by atoms with Crippen LogP contribution in [0.3, 0.4) is 0 Å². The average molecular weight is 308 g/mol. The third-order valence-corrected chi connectivity index (χ3v) is 5.17. The fraction of sp³-hybridized carbons (Fsp3) is 0.667. The van der Waals surface area contributed by atoms with E-state index in [-0.39, 0.29) is 0 Å². The fourth-order valence-electron chi connectivity index (χ4n) is 3.02. The Hall–Kier alpha value is -0.510. The van der Waals surface area contributed by atoms with Gasteiger partial charge in [0.1, 0.15) is 0 Å². The molecule has 1 heterocycles. The highest BCUT2D eigenvalue weighted by Gasteiger charge is 2.25. The number of benzene rings is 1. The highest BCUT2D eigenvalue weighted by Crippen LogP contribution is 2.22. The van der Waals surface area contributed by atoms with Crippen molar-refractivity contribution in [2.45, 2.75) is 45.4 Å². The Morgan fingerprint density at radius 1 is 1.29 bits per heavy atom. The summed E-state index contributed by atoms with van der Waals surface area (Å²) in [5, 5.41) is 3.72. The van der Waals surface area contributed by atoms with Crippen LogP contribution in [0.2, 0.25) is 0 Å². The van der Waals surface area contributed by atoms with E-state index in [1.165, 1.54) is 35.3 Å². The van der Waals surface area contributed by atoms with Crippen LogP contribution in [0.15, 0.2) is 18.2 Å². The number of hydrogen-bond acceptors (Lipinski definition) is 3. The monoisotopic (exact) mass is 307 g/mol. The zero-order valence-corrected chi connectivity index (χ0v) is 14.5. The molecule has 0 spiro atoms. The first kappa shape index (κ1) is 16.9. The van der Waals surface area contributed by atoms with Gasteiger partial charge in [0.05, 0.1) is 6.61 Å². The van der Waals surface area contributed by atoms with E-state index in [1.54, 1.807) is 0 Å². The molecule has 0 saturated carbocycles. The Labute approximate surface area is 134 Å². The van der Waals surface area contributed by atoms with Gasteiger partial charge in [-0.3, -0.25) is 0 Å². The third kappa shape index (κ3) is 5.65. The minimum Gasteiger partial charge on any atom is -0.381 e. The van der Waals surface area contributed by atoms with Gasteiger partial charge in [-0.2, -0.15) is 11.8 Å². The smallest absolute Gasteiger partial charge is 0.0510 e. The Morgan fingerprint density at radius 3 is 2.67 bits per heavy atom. The molecule has 1 aromatic rings. The molecule has 118 valence electrons. The second kappa shape index (κ2) is 8.82. The summed E-state index contributed by atoms with van der Waals surface area (Å²) >= 11 is 2.05. The van der Waals surface area contributed by atoms with Gasteiger partial charge in [0.2, 0.25) is 0 Å². The molecule has 21 heavy (non-hydrogen) atoms. The van der Waals surface area contributed by atoms with Gasteiger partial charge in [-0.15, -0.1) is 0 Å². The maximum Gasteiger partial charge on any atom is 0.0510 e. The van der Waals surface area contributed by atoms with Gasteiger partial charge in [-0.05, 0) is 38.8 Å². The van der Waals surface area contributed by atoms with Gasteiger partial charge >= 0.3 is 0 Å². The normalized spacial score (nSPS) is 19.9. The fourth-order valence-corrected chi connectivity index (χ4v) is 4.18. The van der Waals surface area contributed by atoms with Crippen LogP contribution in [0.4, 0.5) is 0 Å². The topological polar surface area (TPSA) is 21.3 Å². The second-order valence-electron chi connectivity index (χ2n) is 6.20. The highest BCUT2D eigenvalue weighted by molar-refractivity contribution is 7.98. The number of thioether (sulfide) groups is 1. The molecule has 2 nitrogen and oxygen atoms in total. The first-order valence-corrected chi connectivity index (χ1v) is 9.30. The van der Waals surface area contributed by atoms with Crippen LogP contribution in [0, 0.1) is 19.8 Å². The van der Waals surface area contributed by atoms with Crippen LogP contribution in [0.25, 0.3) is 0 Å². The van der Waals surface area contributed by atoms with Gasteiger partial charge in [0, 0.05) is 30.1 Å². The molecule has 1 aliphatic rings. The van der Waals surface area contributed by atoms with Gasteiger partial charge in [-0.25, -0.2) is 0 Å². The molecule has 1 fully saturated rings. The lowest BCUT2D eigenvalue weighted by molar-refractivity contribution is 0.179. The number of aryl methyl sites for hydroxylation is 2. The van der Waals surface area contributed by atoms with Crippen molar-refractivity contribution in [3.8, 4) is 0 Å². The van der Waals surface area contributed by atoms with Crippen molar-refractivity contribution in [3.63, 3.8) is 0 Å². The van der Waals surface area contributed by atoms with Crippen LogP contribution in [0.1, 0.15) is 36.5 Å². The quantitative estimate of drug-likeness (QED) is 0.786. The average Bonchev–Trinajstić information content (AvgIpc) is 2.95. The molecular weight excluding hydrogens is 278 g/mol. The third-order valence-electron chi connectivity index (χ3n) is 4.04. The van der Waals surface area contributed by atoms with Gasteiger partial charge in [0.25, 0.3) is 0 Å². The van der Waals surface area contributed by atoms with Crippen molar-refractivity contribution >= 4 is 11.8 Å². The zero-order chi connectivity index (χ0) is 15.1. The minimum atomic E-state index is 0.600. The zero-order valence-electron chi connectivity index (χ0n) is 13.7. The van der Waals surface area contributed by atoms with Crippen LogP contribution < -0.4 is 5.32 Å². The van der Waals surface area contributed by atoms with Gasteiger partial charge in [-0.1, -0.05) is 36.2 Å². The maximum absolute atomic E-state index is 5.56. The molecule has 3 heteroatoms.